The molecule has 1 aliphatic heterocycles. The molecule has 1 aliphatic rings. The minimum Gasteiger partial charge on any atom is -0.337 e. The molecule has 0 aliphatic carbocycles. The third kappa shape index (κ3) is 4.23. The summed E-state index contributed by atoms with van der Waals surface area (Å²) < 4.78 is 0. The Labute approximate surface area is 170 Å². The average molecular weight is 392 g/mol. The van der Waals surface area contributed by atoms with Gasteiger partial charge in [-0.15, -0.1) is 0 Å². The number of halogens is 1. The van der Waals surface area contributed by atoms with E-state index in [0.717, 1.165) is 41.4 Å². The van der Waals surface area contributed by atoms with Crippen molar-refractivity contribution in [2.75, 3.05) is 13.1 Å². The van der Waals surface area contributed by atoms with Gasteiger partial charge in [-0.3, -0.25) is 14.8 Å². The van der Waals surface area contributed by atoms with Gasteiger partial charge in [0.25, 0.3) is 5.91 Å². The highest BCUT2D eigenvalue weighted by molar-refractivity contribution is 6.31. The molecule has 0 unspecified atom stereocenters. The second-order valence-electron chi connectivity index (χ2n) is 7.13. The van der Waals surface area contributed by atoms with Crippen molar-refractivity contribution in [3.63, 3.8) is 0 Å². The second kappa shape index (κ2) is 8.53. The van der Waals surface area contributed by atoms with E-state index in [-0.39, 0.29) is 11.8 Å². The van der Waals surface area contributed by atoms with Crippen LogP contribution in [0.25, 0.3) is 0 Å². The van der Waals surface area contributed by atoms with E-state index in [1.807, 2.05) is 53.4 Å². The molecule has 1 saturated heterocycles. The quantitative estimate of drug-likeness (QED) is 0.645. The number of rotatable bonds is 4. The summed E-state index contributed by atoms with van der Waals surface area (Å²) in [4.78, 5) is 23.7. The van der Waals surface area contributed by atoms with Crippen LogP contribution in [0.3, 0.4) is 0 Å². The smallest absolute Gasteiger partial charge is 0.272 e. The lowest BCUT2D eigenvalue weighted by Gasteiger charge is -2.32. The minimum absolute atomic E-state index is 0.00229. The Kier molecular flexibility index (Phi) is 5.68. The van der Waals surface area contributed by atoms with Gasteiger partial charge in [0, 0.05) is 48.0 Å². The number of aromatic nitrogens is 2. The van der Waals surface area contributed by atoms with E-state index in [9.17, 15) is 4.79 Å². The van der Waals surface area contributed by atoms with Crippen LogP contribution in [0.5, 0.6) is 0 Å². The third-order valence-corrected chi connectivity index (χ3v) is 5.54. The summed E-state index contributed by atoms with van der Waals surface area (Å²) in [6.45, 7) is 1.45. The first-order valence-corrected chi connectivity index (χ1v) is 9.98. The Hall–Kier alpha value is -2.72. The first-order chi connectivity index (χ1) is 13.7. The first-order valence-electron chi connectivity index (χ1n) is 9.60. The summed E-state index contributed by atoms with van der Waals surface area (Å²) in [7, 11) is 0. The summed E-state index contributed by atoms with van der Waals surface area (Å²) in [6, 6.07) is 19.5. The molecule has 4 nitrogen and oxygen atoms in total. The predicted molar refractivity (Wildman–Crippen MR) is 111 cm³/mol. The molecule has 1 aromatic carbocycles. The SMILES string of the molecule is O=C(c1ccccn1)N1CCC[C@H](c2cccc(Cc3ccccc3Cl)n2)C1. The van der Waals surface area contributed by atoms with Crippen LogP contribution >= 0.6 is 11.6 Å². The summed E-state index contributed by atoms with van der Waals surface area (Å²) in [5.74, 6) is 0.241. The van der Waals surface area contributed by atoms with Gasteiger partial charge in [0.1, 0.15) is 5.69 Å². The van der Waals surface area contributed by atoms with Crippen molar-refractivity contribution >= 4 is 17.5 Å². The summed E-state index contributed by atoms with van der Waals surface area (Å²) in [5.41, 5.74) is 3.62. The van der Waals surface area contributed by atoms with Crippen molar-refractivity contribution in [2.24, 2.45) is 0 Å². The lowest BCUT2D eigenvalue weighted by molar-refractivity contribution is 0.0700. The van der Waals surface area contributed by atoms with E-state index >= 15 is 0 Å². The number of carbonyl (C=O) groups is 1. The fraction of sp³-hybridized carbons (Fsp3) is 0.261. The number of nitrogens with zero attached hydrogens (tertiary/aromatic N) is 3. The van der Waals surface area contributed by atoms with E-state index in [2.05, 4.69) is 11.1 Å². The third-order valence-electron chi connectivity index (χ3n) is 5.17. The molecule has 0 spiro atoms. The minimum atomic E-state index is -0.00229. The van der Waals surface area contributed by atoms with Gasteiger partial charge >= 0.3 is 0 Å². The summed E-state index contributed by atoms with van der Waals surface area (Å²) >= 11 is 6.30. The number of carbonyl (C=O) groups excluding carboxylic acids is 1. The van der Waals surface area contributed by atoms with Crippen molar-refractivity contribution < 1.29 is 4.79 Å². The van der Waals surface area contributed by atoms with Crippen molar-refractivity contribution in [1.82, 2.24) is 14.9 Å². The van der Waals surface area contributed by atoms with E-state index in [1.165, 1.54) is 0 Å². The number of piperidine rings is 1. The number of amides is 1. The molecule has 0 N–H and O–H groups in total. The maximum absolute atomic E-state index is 12.8. The zero-order valence-corrected chi connectivity index (χ0v) is 16.3. The number of hydrogen-bond acceptors (Lipinski definition) is 3. The molecule has 3 heterocycles. The lowest BCUT2D eigenvalue weighted by Crippen LogP contribution is -2.39. The molecule has 0 saturated carbocycles. The molecule has 1 atom stereocenters. The van der Waals surface area contributed by atoms with Crippen molar-refractivity contribution in [2.45, 2.75) is 25.2 Å². The molecule has 0 radical (unpaired) electrons. The summed E-state index contributed by atoms with van der Waals surface area (Å²) in [6.07, 6.45) is 4.37. The molecule has 1 fully saturated rings. The van der Waals surface area contributed by atoms with Gasteiger partial charge in [0.15, 0.2) is 0 Å². The highest BCUT2D eigenvalue weighted by Crippen LogP contribution is 2.27. The molecule has 0 bridgehead atoms. The average Bonchev–Trinajstić information content (AvgIpc) is 2.76. The fourth-order valence-corrected chi connectivity index (χ4v) is 3.92. The highest BCUT2D eigenvalue weighted by atomic mass is 35.5. The largest absolute Gasteiger partial charge is 0.337 e. The fourth-order valence-electron chi connectivity index (χ4n) is 3.72. The lowest BCUT2D eigenvalue weighted by atomic mass is 9.93. The molecule has 142 valence electrons. The monoisotopic (exact) mass is 391 g/mol. The maximum Gasteiger partial charge on any atom is 0.272 e. The van der Waals surface area contributed by atoms with Crippen LogP contribution in [0.1, 0.15) is 46.2 Å². The predicted octanol–water partition coefficient (Wildman–Crippen LogP) is 4.74. The van der Waals surface area contributed by atoms with Crippen LogP contribution in [-0.2, 0) is 6.42 Å². The first kappa shape index (κ1) is 18.6. The standard InChI is InChI=1S/C23H22ClN3O/c24-20-10-2-1-7-17(20)15-19-9-5-12-21(26-19)18-8-6-14-27(16-18)23(28)22-11-3-4-13-25-22/h1-5,7,9-13,18H,6,8,14-16H2/t18-/m0/s1. The Morgan fingerprint density at radius 2 is 1.93 bits per heavy atom. The molecule has 5 heteroatoms. The van der Waals surface area contributed by atoms with Gasteiger partial charge in [0.05, 0.1) is 0 Å². The van der Waals surface area contributed by atoms with E-state index in [4.69, 9.17) is 16.6 Å². The van der Waals surface area contributed by atoms with Gasteiger partial charge in [-0.2, -0.15) is 0 Å². The number of benzene rings is 1. The van der Waals surface area contributed by atoms with Crippen LogP contribution in [0.15, 0.2) is 66.9 Å². The van der Waals surface area contributed by atoms with E-state index < -0.39 is 0 Å². The highest BCUT2D eigenvalue weighted by Gasteiger charge is 2.26. The van der Waals surface area contributed by atoms with E-state index in [0.29, 0.717) is 18.7 Å². The Bertz CT molecular complexity index is 961. The summed E-state index contributed by atoms with van der Waals surface area (Å²) in [5, 5.41) is 0.763. The molecule has 4 rings (SSSR count). The van der Waals surface area contributed by atoms with Gasteiger partial charge in [-0.05, 0) is 48.7 Å². The van der Waals surface area contributed by atoms with Crippen LogP contribution < -0.4 is 0 Å². The van der Waals surface area contributed by atoms with Crippen LogP contribution in [-0.4, -0.2) is 33.9 Å². The molecule has 28 heavy (non-hydrogen) atoms. The number of likely N-dealkylation sites (tertiary alicyclic amines) is 1. The van der Waals surface area contributed by atoms with Crippen molar-refractivity contribution in [3.8, 4) is 0 Å². The van der Waals surface area contributed by atoms with Gasteiger partial charge in [0.2, 0.25) is 0 Å². The Morgan fingerprint density at radius 3 is 2.75 bits per heavy atom. The topological polar surface area (TPSA) is 46.1 Å². The van der Waals surface area contributed by atoms with E-state index in [1.54, 1.807) is 12.3 Å². The van der Waals surface area contributed by atoms with Crippen LogP contribution in [0.4, 0.5) is 0 Å². The molecular weight excluding hydrogens is 370 g/mol. The molecule has 2 aromatic heterocycles. The number of hydrogen-bond donors (Lipinski definition) is 0. The van der Waals surface area contributed by atoms with Gasteiger partial charge in [-0.1, -0.05) is 41.9 Å². The molecular formula is C23H22ClN3O. The maximum atomic E-state index is 12.8. The second-order valence-corrected chi connectivity index (χ2v) is 7.53. The Morgan fingerprint density at radius 1 is 1.07 bits per heavy atom. The molecule has 3 aromatic rings. The van der Waals surface area contributed by atoms with Gasteiger partial charge in [-0.25, -0.2) is 0 Å². The van der Waals surface area contributed by atoms with Crippen molar-refractivity contribution in [1.29, 1.82) is 0 Å². The van der Waals surface area contributed by atoms with Gasteiger partial charge < -0.3 is 4.90 Å². The normalized spacial score (nSPS) is 16.8. The Balaban J connectivity index is 1.49. The van der Waals surface area contributed by atoms with Crippen molar-refractivity contribution in [3.05, 3.63) is 94.5 Å². The zero-order chi connectivity index (χ0) is 19.3. The van der Waals surface area contributed by atoms with Crippen LogP contribution in [0, 0.1) is 0 Å². The zero-order valence-electron chi connectivity index (χ0n) is 15.6. The van der Waals surface area contributed by atoms with Crippen LogP contribution in [0.2, 0.25) is 5.02 Å². The molecule has 1 amide bonds. The number of pyridine rings is 2.